The van der Waals surface area contributed by atoms with E-state index in [0.717, 1.165) is 6.42 Å². The zero-order valence-corrected chi connectivity index (χ0v) is 13.6. The molecule has 0 spiro atoms. The van der Waals surface area contributed by atoms with Crippen LogP contribution in [0.3, 0.4) is 0 Å². The Labute approximate surface area is 112 Å². The Hall–Kier alpha value is 1.17. The summed E-state index contributed by atoms with van der Waals surface area (Å²) in [6, 6.07) is 3.05. The van der Waals surface area contributed by atoms with Gasteiger partial charge in [0.15, 0.2) is 0 Å². The summed E-state index contributed by atoms with van der Waals surface area (Å²) in [6.45, 7) is 8.45. The van der Waals surface area contributed by atoms with Gasteiger partial charge in [-0.1, -0.05) is 18.2 Å². The summed E-state index contributed by atoms with van der Waals surface area (Å²) in [5.74, 6) is 0. The van der Waals surface area contributed by atoms with E-state index in [1.165, 1.54) is 12.8 Å². The Kier molecular flexibility index (Phi) is 11.4. The Bertz CT molecular complexity index is 203. The monoisotopic (exact) mass is 336 g/mol. The fourth-order valence-electron chi connectivity index (χ4n) is 0.549. The van der Waals surface area contributed by atoms with E-state index in [-0.39, 0.29) is 5.54 Å². The van der Waals surface area contributed by atoms with Gasteiger partial charge in [-0.2, -0.15) is 0 Å². The second-order valence-corrected chi connectivity index (χ2v) is 14.8. The quantitative estimate of drug-likeness (QED) is 0.426. The van der Waals surface area contributed by atoms with E-state index >= 15 is 0 Å². The summed E-state index contributed by atoms with van der Waals surface area (Å²) in [5, 5.41) is 0. The molecule has 6 heteroatoms. The Balaban J connectivity index is 0. The Morgan fingerprint density at radius 1 is 1.13 bits per heavy atom. The standard InChI is InChI=1S/C9H18N.4ClH.Fe/c1-5-6-7-8-10-9(2,3)4;;;;;/h5-7H2,1-4H3;4*1H;/q+1;;;;;+3/p-4. The molecule has 0 aliphatic heterocycles. The number of rotatable bonds is 2. The van der Waals surface area contributed by atoms with Crippen LogP contribution in [0, 0.1) is 6.07 Å². The molecule has 0 saturated carbocycles. The van der Waals surface area contributed by atoms with Crippen LogP contribution in [-0.2, 0) is 9.20 Å². The second kappa shape index (κ2) is 9.23. The number of unbranched alkanes of at least 4 members (excludes halogenated alkanes) is 2. The minimum absolute atomic E-state index is 0.0632. The van der Waals surface area contributed by atoms with Crippen molar-refractivity contribution in [3.05, 3.63) is 4.85 Å². The molecule has 0 unspecified atom stereocenters. The SMILES string of the molecule is CCCCC#[N+]C(C)(C)C.[Cl][Fe-]([Cl])([Cl])[Cl]. The van der Waals surface area contributed by atoms with Gasteiger partial charge in [0.2, 0.25) is 0 Å². The zero-order chi connectivity index (χ0) is 12.5. The van der Waals surface area contributed by atoms with Gasteiger partial charge in [0.05, 0.1) is 6.42 Å². The first-order chi connectivity index (χ1) is 6.56. The molecule has 95 valence electrons. The van der Waals surface area contributed by atoms with E-state index in [9.17, 15) is 0 Å². The average molecular weight is 338 g/mol. The maximum absolute atomic E-state index is 4.95. The molecule has 0 rings (SSSR count). The number of nitrogens with zero attached hydrogens (tertiary/aromatic N) is 1. The van der Waals surface area contributed by atoms with Gasteiger partial charge in [0, 0.05) is 20.8 Å². The zero-order valence-electron chi connectivity index (χ0n) is 9.43. The Morgan fingerprint density at radius 3 is 1.80 bits per heavy atom. The summed E-state index contributed by atoms with van der Waals surface area (Å²) >= 11 is 0. The van der Waals surface area contributed by atoms with E-state index in [1.54, 1.807) is 0 Å². The van der Waals surface area contributed by atoms with Crippen LogP contribution >= 0.6 is 40.4 Å². The predicted octanol–water partition coefficient (Wildman–Crippen LogP) is 6.06. The van der Waals surface area contributed by atoms with Crippen LogP contribution in [0.5, 0.6) is 0 Å². The third-order valence-electron chi connectivity index (χ3n) is 1.06. The van der Waals surface area contributed by atoms with E-state index < -0.39 is 9.20 Å². The van der Waals surface area contributed by atoms with Gasteiger partial charge < -0.3 is 0 Å². The molecule has 0 aliphatic carbocycles. The average Bonchev–Trinajstić information content (AvgIpc) is 1.93. The van der Waals surface area contributed by atoms with Gasteiger partial charge in [-0.25, -0.2) is 0 Å². The van der Waals surface area contributed by atoms with Crippen LogP contribution in [0.4, 0.5) is 0 Å². The van der Waals surface area contributed by atoms with Crippen molar-refractivity contribution >= 4 is 40.4 Å². The molecule has 0 aromatic carbocycles. The van der Waals surface area contributed by atoms with Gasteiger partial charge in [-0.15, -0.1) is 0 Å². The van der Waals surface area contributed by atoms with Gasteiger partial charge in [0.1, 0.15) is 0 Å². The third kappa shape index (κ3) is 39.4. The fraction of sp³-hybridized carbons (Fsp3) is 0.889. The molecular weight excluding hydrogens is 320 g/mol. The van der Waals surface area contributed by atoms with E-state index in [1.807, 2.05) is 0 Å². The van der Waals surface area contributed by atoms with Gasteiger partial charge in [-0.3, -0.25) is 0 Å². The molecule has 0 amide bonds. The normalized spacial score (nSPS) is 12.0. The van der Waals surface area contributed by atoms with Crippen LogP contribution in [-0.4, -0.2) is 5.54 Å². The van der Waals surface area contributed by atoms with E-state index in [2.05, 4.69) is 38.6 Å². The van der Waals surface area contributed by atoms with Gasteiger partial charge >= 0.3 is 49.6 Å². The van der Waals surface area contributed by atoms with Crippen molar-refractivity contribution in [2.45, 2.75) is 52.5 Å². The summed E-state index contributed by atoms with van der Waals surface area (Å²) in [4.78, 5) is 4.24. The fourth-order valence-corrected chi connectivity index (χ4v) is 0.549. The third-order valence-corrected chi connectivity index (χ3v) is 1.06. The molecule has 0 saturated heterocycles. The summed E-state index contributed by atoms with van der Waals surface area (Å²) in [7, 11) is 17.2. The summed E-state index contributed by atoms with van der Waals surface area (Å²) in [6.07, 6.45) is 3.44. The molecule has 0 fully saturated rings. The van der Waals surface area contributed by atoms with Gasteiger partial charge in [-0.05, 0) is 6.42 Å². The maximum atomic E-state index is 4.95. The predicted molar refractivity (Wildman–Crippen MR) is 69.9 cm³/mol. The van der Waals surface area contributed by atoms with Crippen molar-refractivity contribution < 1.29 is 9.20 Å². The van der Waals surface area contributed by atoms with Gasteiger partial charge in [0.25, 0.3) is 11.6 Å². The van der Waals surface area contributed by atoms with Crippen LogP contribution < -0.4 is 0 Å². The Morgan fingerprint density at radius 2 is 1.53 bits per heavy atom. The van der Waals surface area contributed by atoms with Crippen molar-refractivity contribution in [1.29, 1.82) is 0 Å². The molecule has 0 aromatic rings. The molecule has 0 radical (unpaired) electrons. The van der Waals surface area contributed by atoms with Crippen molar-refractivity contribution in [2.75, 3.05) is 0 Å². The van der Waals surface area contributed by atoms with Crippen molar-refractivity contribution in [1.82, 2.24) is 0 Å². The van der Waals surface area contributed by atoms with Crippen LogP contribution in [0.1, 0.15) is 47.0 Å². The minimum atomic E-state index is -2.61. The first-order valence-corrected chi connectivity index (χ1v) is 10.6. The van der Waals surface area contributed by atoms with Crippen LogP contribution in [0.25, 0.3) is 4.85 Å². The van der Waals surface area contributed by atoms with Crippen molar-refractivity contribution in [3.63, 3.8) is 0 Å². The molecule has 0 aromatic heterocycles. The van der Waals surface area contributed by atoms with Crippen LogP contribution in [0.15, 0.2) is 0 Å². The molecule has 0 N–H and O–H groups in total. The molecule has 0 aliphatic rings. The van der Waals surface area contributed by atoms with Crippen molar-refractivity contribution in [2.24, 2.45) is 0 Å². The van der Waals surface area contributed by atoms with Crippen molar-refractivity contribution in [3.8, 4) is 6.07 Å². The molecule has 0 bridgehead atoms. The van der Waals surface area contributed by atoms with E-state index in [0.29, 0.717) is 0 Å². The first-order valence-electron chi connectivity index (χ1n) is 4.54. The molecule has 0 atom stereocenters. The second-order valence-electron chi connectivity index (χ2n) is 3.85. The molecule has 15 heavy (non-hydrogen) atoms. The summed E-state index contributed by atoms with van der Waals surface area (Å²) < 4.78 is 0. The number of halogens is 4. The number of hydrogen-bond acceptors (Lipinski definition) is 0. The molecule has 0 heterocycles. The molecule has 1 nitrogen and oxygen atoms in total. The molecular formula is C9H18Cl4FeN. The first kappa shape index (κ1) is 18.5. The summed E-state index contributed by atoms with van der Waals surface area (Å²) in [5.41, 5.74) is 0.0632. The topological polar surface area (TPSA) is 4.36 Å². The van der Waals surface area contributed by atoms with E-state index in [4.69, 9.17) is 40.4 Å². The van der Waals surface area contributed by atoms with Crippen LogP contribution in [0.2, 0.25) is 0 Å². The number of hydrogen-bond donors (Lipinski definition) is 0.